The van der Waals surface area contributed by atoms with Crippen molar-refractivity contribution in [3.8, 4) is 5.69 Å². The number of carbonyl (C=O) groups excluding carboxylic acids is 1. The molecule has 3 aromatic rings. The molecule has 0 aliphatic heterocycles. The van der Waals surface area contributed by atoms with Gasteiger partial charge in [-0.1, -0.05) is 34.8 Å². The average molecular weight is 400 g/mol. The number of halogens is 4. The van der Waals surface area contributed by atoms with Crippen molar-refractivity contribution in [2.45, 2.75) is 6.92 Å². The van der Waals surface area contributed by atoms with Crippen LogP contribution in [0.25, 0.3) is 5.69 Å². The summed E-state index contributed by atoms with van der Waals surface area (Å²) in [5, 5.41) is 7.49. The lowest BCUT2D eigenvalue weighted by Crippen LogP contribution is -2.14. The Balaban J connectivity index is 1.88. The maximum Gasteiger partial charge on any atom is 0.295 e. The molecule has 0 saturated carbocycles. The number of rotatable bonds is 3. The van der Waals surface area contributed by atoms with E-state index in [1.165, 1.54) is 41.1 Å². The van der Waals surface area contributed by atoms with Crippen LogP contribution in [0.2, 0.25) is 15.1 Å². The topological polar surface area (TPSA) is 59.8 Å². The molecule has 1 heterocycles. The predicted molar refractivity (Wildman–Crippen MR) is 95.5 cm³/mol. The number of amides is 1. The minimum Gasteiger partial charge on any atom is -0.318 e. The molecule has 128 valence electrons. The van der Waals surface area contributed by atoms with Crippen LogP contribution in [0, 0.1) is 12.7 Å². The summed E-state index contributed by atoms with van der Waals surface area (Å²) in [6.45, 7) is 1.68. The van der Waals surface area contributed by atoms with E-state index in [9.17, 15) is 9.18 Å². The van der Waals surface area contributed by atoms with E-state index in [0.29, 0.717) is 11.5 Å². The summed E-state index contributed by atoms with van der Waals surface area (Å²) in [6, 6.07) is 8.53. The standard InChI is InChI=1S/C16H10Cl3FN4O/c1-8-21-15(23-24(8)10-4-2-9(20)3-5-10)16(25)22-14-7-12(18)11(17)6-13(14)19/h2-7H,1H3,(H,22,25). The molecule has 0 spiro atoms. The minimum absolute atomic E-state index is 0.0658. The molecule has 2 aromatic carbocycles. The Labute approximate surface area is 157 Å². The summed E-state index contributed by atoms with van der Waals surface area (Å²) < 4.78 is 14.5. The van der Waals surface area contributed by atoms with Gasteiger partial charge >= 0.3 is 0 Å². The Morgan fingerprint density at radius 2 is 1.72 bits per heavy atom. The van der Waals surface area contributed by atoms with Gasteiger partial charge < -0.3 is 5.32 Å². The first-order chi connectivity index (χ1) is 11.8. The number of hydrogen-bond acceptors (Lipinski definition) is 3. The van der Waals surface area contributed by atoms with Crippen molar-refractivity contribution < 1.29 is 9.18 Å². The number of hydrogen-bond donors (Lipinski definition) is 1. The van der Waals surface area contributed by atoms with Crippen molar-refractivity contribution in [2.75, 3.05) is 5.32 Å². The summed E-state index contributed by atoms with van der Waals surface area (Å²) in [5.74, 6) is -0.529. The number of aromatic nitrogens is 3. The number of benzene rings is 2. The lowest BCUT2D eigenvalue weighted by Gasteiger charge is -2.07. The highest BCUT2D eigenvalue weighted by Crippen LogP contribution is 2.32. The predicted octanol–water partition coefficient (Wildman–Crippen LogP) is 4.93. The number of carbonyl (C=O) groups is 1. The van der Waals surface area contributed by atoms with E-state index < -0.39 is 5.91 Å². The first-order valence-electron chi connectivity index (χ1n) is 7.00. The van der Waals surface area contributed by atoms with Crippen LogP contribution in [0.15, 0.2) is 36.4 Å². The van der Waals surface area contributed by atoms with Crippen molar-refractivity contribution >= 4 is 46.4 Å². The first-order valence-corrected chi connectivity index (χ1v) is 8.14. The summed E-state index contributed by atoms with van der Waals surface area (Å²) >= 11 is 17.8. The molecule has 1 aromatic heterocycles. The second kappa shape index (κ2) is 7.00. The van der Waals surface area contributed by atoms with E-state index in [0.717, 1.165) is 0 Å². The zero-order valence-electron chi connectivity index (χ0n) is 12.7. The van der Waals surface area contributed by atoms with Gasteiger partial charge in [0.1, 0.15) is 11.6 Å². The zero-order valence-corrected chi connectivity index (χ0v) is 15.0. The fourth-order valence-corrected chi connectivity index (χ4v) is 2.70. The molecule has 9 heteroatoms. The van der Waals surface area contributed by atoms with Gasteiger partial charge in [0, 0.05) is 0 Å². The Morgan fingerprint density at radius 1 is 1.08 bits per heavy atom. The second-order valence-corrected chi connectivity index (χ2v) is 6.29. The number of nitrogens with zero attached hydrogens (tertiary/aromatic N) is 3. The molecule has 0 fully saturated rings. The molecule has 0 bridgehead atoms. The number of aryl methyl sites for hydroxylation is 1. The minimum atomic E-state index is -0.566. The molecular formula is C16H10Cl3FN4O. The van der Waals surface area contributed by atoms with Gasteiger partial charge in [-0.3, -0.25) is 4.79 Å². The van der Waals surface area contributed by atoms with Crippen LogP contribution in [0.5, 0.6) is 0 Å². The summed E-state index contributed by atoms with van der Waals surface area (Å²) in [5.41, 5.74) is 0.870. The molecule has 1 amide bonds. The largest absolute Gasteiger partial charge is 0.318 e. The summed E-state index contributed by atoms with van der Waals surface area (Å²) in [4.78, 5) is 16.5. The van der Waals surface area contributed by atoms with Gasteiger partial charge in [-0.25, -0.2) is 14.1 Å². The zero-order chi connectivity index (χ0) is 18.1. The molecule has 1 N–H and O–H groups in total. The highest BCUT2D eigenvalue weighted by atomic mass is 35.5. The first kappa shape index (κ1) is 17.7. The van der Waals surface area contributed by atoms with Gasteiger partial charge in [-0.05, 0) is 43.3 Å². The smallest absolute Gasteiger partial charge is 0.295 e. The van der Waals surface area contributed by atoms with E-state index in [2.05, 4.69) is 15.4 Å². The highest BCUT2D eigenvalue weighted by Gasteiger charge is 2.17. The van der Waals surface area contributed by atoms with Crippen molar-refractivity contribution in [3.05, 3.63) is 68.9 Å². The third-order valence-corrected chi connectivity index (χ3v) is 4.34. The van der Waals surface area contributed by atoms with E-state index in [4.69, 9.17) is 34.8 Å². The van der Waals surface area contributed by atoms with Crippen molar-refractivity contribution in [1.82, 2.24) is 14.8 Å². The third kappa shape index (κ3) is 3.76. The van der Waals surface area contributed by atoms with Gasteiger partial charge in [0.2, 0.25) is 5.82 Å². The fraction of sp³-hybridized carbons (Fsp3) is 0.0625. The van der Waals surface area contributed by atoms with Crippen LogP contribution in [0.3, 0.4) is 0 Å². The van der Waals surface area contributed by atoms with Crippen molar-refractivity contribution in [1.29, 1.82) is 0 Å². The second-order valence-electron chi connectivity index (χ2n) is 5.07. The van der Waals surface area contributed by atoms with Crippen LogP contribution >= 0.6 is 34.8 Å². The molecule has 25 heavy (non-hydrogen) atoms. The van der Waals surface area contributed by atoms with E-state index in [1.807, 2.05) is 0 Å². The Kier molecular flexibility index (Phi) is 4.94. The summed E-state index contributed by atoms with van der Waals surface area (Å²) in [6.07, 6.45) is 0. The van der Waals surface area contributed by atoms with Gasteiger partial charge in [-0.2, -0.15) is 0 Å². The van der Waals surface area contributed by atoms with Crippen LogP contribution in [0.4, 0.5) is 10.1 Å². The Morgan fingerprint density at radius 3 is 2.40 bits per heavy atom. The van der Waals surface area contributed by atoms with Crippen LogP contribution < -0.4 is 5.32 Å². The van der Waals surface area contributed by atoms with Crippen molar-refractivity contribution in [2.24, 2.45) is 0 Å². The normalized spacial score (nSPS) is 10.8. The number of nitrogens with one attached hydrogen (secondary N) is 1. The van der Waals surface area contributed by atoms with Crippen LogP contribution in [0.1, 0.15) is 16.4 Å². The van der Waals surface area contributed by atoms with E-state index >= 15 is 0 Å². The molecule has 5 nitrogen and oxygen atoms in total. The lowest BCUT2D eigenvalue weighted by atomic mass is 10.3. The molecule has 0 aliphatic rings. The van der Waals surface area contributed by atoms with Crippen LogP contribution in [-0.4, -0.2) is 20.7 Å². The Bertz CT molecular complexity index is 957. The lowest BCUT2D eigenvalue weighted by molar-refractivity contribution is 0.101. The van der Waals surface area contributed by atoms with E-state index in [-0.39, 0.29) is 32.4 Å². The molecule has 0 aliphatic carbocycles. The SMILES string of the molecule is Cc1nc(C(=O)Nc2cc(Cl)c(Cl)cc2Cl)nn1-c1ccc(F)cc1. The van der Waals surface area contributed by atoms with Gasteiger partial charge in [0.15, 0.2) is 0 Å². The maximum atomic E-state index is 13.0. The molecule has 0 radical (unpaired) electrons. The quantitative estimate of drug-likeness (QED) is 0.635. The average Bonchev–Trinajstić information content (AvgIpc) is 2.95. The third-order valence-electron chi connectivity index (χ3n) is 3.30. The maximum absolute atomic E-state index is 13.0. The fourth-order valence-electron chi connectivity index (χ4n) is 2.11. The molecular weight excluding hydrogens is 390 g/mol. The molecule has 0 atom stereocenters. The molecule has 0 unspecified atom stereocenters. The van der Waals surface area contributed by atoms with Crippen molar-refractivity contribution in [3.63, 3.8) is 0 Å². The Hall–Kier alpha value is -2.15. The highest BCUT2D eigenvalue weighted by molar-refractivity contribution is 6.44. The monoisotopic (exact) mass is 398 g/mol. The van der Waals surface area contributed by atoms with Gasteiger partial charge in [-0.15, -0.1) is 5.10 Å². The van der Waals surface area contributed by atoms with E-state index in [1.54, 1.807) is 6.92 Å². The summed E-state index contributed by atoms with van der Waals surface area (Å²) in [7, 11) is 0. The number of anilines is 1. The molecule has 3 rings (SSSR count). The molecule has 0 saturated heterocycles. The van der Waals surface area contributed by atoms with Gasteiger partial charge in [0.25, 0.3) is 5.91 Å². The van der Waals surface area contributed by atoms with Gasteiger partial charge in [0.05, 0.1) is 26.4 Å². The van der Waals surface area contributed by atoms with Crippen LogP contribution in [-0.2, 0) is 0 Å².